The quantitative estimate of drug-likeness (QED) is 0.274. The molecule has 1 heterocycles. The summed E-state index contributed by atoms with van der Waals surface area (Å²) in [6.45, 7) is 0. The first-order chi connectivity index (χ1) is 15.6. The van der Waals surface area contributed by atoms with Crippen LogP contribution in [0.2, 0.25) is 0 Å². The molecule has 0 radical (unpaired) electrons. The number of carbonyl (C=O) groups excluding carboxylic acids is 5. The molecule has 0 aromatic heterocycles. The highest BCUT2D eigenvalue weighted by Gasteiger charge is 2.31. The predicted molar refractivity (Wildman–Crippen MR) is 118 cm³/mol. The normalized spacial score (nSPS) is 22.1. The molecule has 0 saturated heterocycles. The van der Waals surface area contributed by atoms with Crippen LogP contribution in [0.25, 0.3) is 0 Å². The van der Waals surface area contributed by atoms with E-state index in [0.29, 0.717) is 11.3 Å². The maximum atomic E-state index is 12.9. The molecule has 178 valence electrons. The molecule has 0 aliphatic carbocycles. The maximum Gasteiger partial charge on any atom is 0.303 e. The van der Waals surface area contributed by atoms with Gasteiger partial charge in [-0.25, -0.2) is 0 Å². The van der Waals surface area contributed by atoms with Crippen LogP contribution in [0.3, 0.4) is 0 Å². The number of carboxylic acids is 1. The molecule has 0 bridgehead atoms. The molecule has 8 N–H and O–H groups in total. The molecule has 1 aromatic carbocycles. The number of carbonyl (C=O) groups is 6. The molecular weight excluding hydrogens is 454 g/mol. The molecule has 33 heavy (non-hydrogen) atoms. The first-order valence-corrected chi connectivity index (χ1v) is 11.1. The van der Waals surface area contributed by atoms with Crippen LogP contribution < -0.4 is 27.4 Å². The molecule has 2 unspecified atom stereocenters. The van der Waals surface area contributed by atoms with Crippen molar-refractivity contribution in [1.29, 1.82) is 0 Å². The van der Waals surface area contributed by atoms with Crippen LogP contribution in [0.5, 0.6) is 0 Å². The number of primary amides is 2. The van der Waals surface area contributed by atoms with Gasteiger partial charge >= 0.3 is 5.97 Å². The van der Waals surface area contributed by atoms with Gasteiger partial charge in [0, 0.05) is 23.5 Å². The molecule has 12 nitrogen and oxygen atoms in total. The molecule has 2 rings (SSSR count). The number of rotatable bonds is 6. The number of aliphatic carboxylic acids is 1. The zero-order valence-electron chi connectivity index (χ0n) is 17.5. The summed E-state index contributed by atoms with van der Waals surface area (Å²) in [6.07, 6.45) is -1.29. The molecule has 13 heteroatoms. The van der Waals surface area contributed by atoms with Gasteiger partial charge in [-0.05, 0) is 18.1 Å². The van der Waals surface area contributed by atoms with Gasteiger partial charge in [-0.1, -0.05) is 18.2 Å². The zero-order valence-corrected chi connectivity index (χ0v) is 18.4. The van der Waals surface area contributed by atoms with Crippen LogP contribution >= 0.6 is 11.8 Å². The van der Waals surface area contributed by atoms with Gasteiger partial charge in [0.25, 0.3) is 5.91 Å². The minimum absolute atomic E-state index is 0.0789. The Morgan fingerprint density at radius 2 is 1.67 bits per heavy atom. The summed E-state index contributed by atoms with van der Waals surface area (Å²) in [6, 6.07) is 2.71. The smallest absolute Gasteiger partial charge is 0.303 e. The van der Waals surface area contributed by atoms with E-state index in [2.05, 4.69) is 16.0 Å². The van der Waals surface area contributed by atoms with Crippen LogP contribution in [0.15, 0.2) is 24.3 Å². The van der Waals surface area contributed by atoms with Gasteiger partial charge in [0.2, 0.25) is 23.6 Å². The second kappa shape index (κ2) is 11.9. The summed E-state index contributed by atoms with van der Waals surface area (Å²) in [5.41, 5.74) is 11.4. The lowest BCUT2D eigenvalue weighted by Crippen LogP contribution is -2.57. The Hall–Kier alpha value is -3.61. The lowest BCUT2D eigenvalue weighted by atomic mass is 10.1. The molecule has 0 spiro atoms. The van der Waals surface area contributed by atoms with E-state index in [4.69, 9.17) is 16.6 Å². The Kier molecular flexibility index (Phi) is 9.21. The highest BCUT2D eigenvalue weighted by Crippen LogP contribution is 2.18. The van der Waals surface area contributed by atoms with E-state index in [-0.39, 0.29) is 17.7 Å². The van der Waals surface area contributed by atoms with Gasteiger partial charge in [0.15, 0.2) is 0 Å². The molecule has 5 amide bonds. The van der Waals surface area contributed by atoms with Gasteiger partial charge in [-0.15, -0.1) is 0 Å². The third kappa shape index (κ3) is 7.79. The number of thioether (sulfide) groups is 1. The number of nitrogens with two attached hydrogens (primary N) is 2. The number of carboxylic acid groups (broad SMARTS) is 1. The van der Waals surface area contributed by atoms with Crippen molar-refractivity contribution in [3.05, 3.63) is 35.4 Å². The van der Waals surface area contributed by atoms with Gasteiger partial charge < -0.3 is 32.5 Å². The molecule has 1 aliphatic rings. The Morgan fingerprint density at radius 1 is 1.00 bits per heavy atom. The van der Waals surface area contributed by atoms with Gasteiger partial charge in [-0.2, -0.15) is 11.8 Å². The summed E-state index contributed by atoms with van der Waals surface area (Å²) < 4.78 is 0. The largest absolute Gasteiger partial charge is 0.481 e. The first-order valence-electron chi connectivity index (χ1n) is 9.95. The number of benzene rings is 1. The first kappa shape index (κ1) is 25.6. The summed E-state index contributed by atoms with van der Waals surface area (Å²) >= 11 is 1.24. The SMILES string of the molecule is NC(=O)C[C@@H]1NC(=O)C(CCC(=O)O)NC(=O)c2ccccc2CSCC(C(N)=O)NC1=O. The van der Waals surface area contributed by atoms with Gasteiger partial charge in [0.05, 0.1) is 6.42 Å². The molecule has 1 aromatic rings. The van der Waals surface area contributed by atoms with E-state index in [0.717, 1.165) is 0 Å². The number of hydrogen-bond acceptors (Lipinski definition) is 7. The average Bonchev–Trinajstić information content (AvgIpc) is 2.74. The molecule has 3 atom stereocenters. The molecular formula is C20H25N5O7S. The Labute approximate surface area is 193 Å². The van der Waals surface area contributed by atoms with Gasteiger partial charge in [-0.3, -0.25) is 28.8 Å². The number of amides is 5. The van der Waals surface area contributed by atoms with Crippen molar-refractivity contribution in [1.82, 2.24) is 16.0 Å². The molecule has 1 aliphatic heterocycles. The Balaban J connectivity index is 2.43. The van der Waals surface area contributed by atoms with E-state index in [1.807, 2.05) is 0 Å². The Bertz CT molecular complexity index is 954. The van der Waals surface area contributed by atoms with E-state index in [9.17, 15) is 28.8 Å². The Morgan fingerprint density at radius 3 is 2.30 bits per heavy atom. The highest BCUT2D eigenvalue weighted by molar-refractivity contribution is 7.98. The van der Waals surface area contributed by atoms with Crippen LogP contribution in [-0.4, -0.2) is 64.5 Å². The zero-order chi connectivity index (χ0) is 24.5. The van der Waals surface area contributed by atoms with Crippen molar-refractivity contribution < 1.29 is 33.9 Å². The lowest BCUT2D eigenvalue weighted by Gasteiger charge is -2.25. The van der Waals surface area contributed by atoms with Crippen molar-refractivity contribution in [2.24, 2.45) is 11.5 Å². The van der Waals surface area contributed by atoms with Crippen molar-refractivity contribution in [3.63, 3.8) is 0 Å². The number of fused-ring (bicyclic) bond motifs is 1. The second-order valence-electron chi connectivity index (χ2n) is 7.33. The fourth-order valence-corrected chi connectivity index (χ4v) is 4.15. The van der Waals surface area contributed by atoms with Crippen molar-refractivity contribution in [2.45, 2.75) is 43.1 Å². The maximum absolute atomic E-state index is 12.9. The third-order valence-electron chi connectivity index (χ3n) is 4.77. The topological polar surface area (TPSA) is 211 Å². The van der Waals surface area contributed by atoms with E-state index < -0.39 is 66.5 Å². The molecule has 0 fully saturated rings. The monoisotopic (exact) mass is 479 g/mol. The van der Waals surface area contributed by atoms with Crippen LogP contribution in [0.1, 0.15) is 35.2 Å². The number of nitrogens with one attached hydrogen (secondary N) is 3. The van der Waals surface area contributed by atoms with Crippen LogP contribution in [-0.2, 0) is 29.7 Å². The minimum atomic E-state index is -1.46. The van der Waals surface area contributed by atoms with Crippen LogP contribution in [0, 0.1) is 0 Å². The van der Waals surface area contributed by atoms with E-state index in [1.54, 1.807) is 24.3 Å². The van der Waals surface area contributed by atoms with E-state index >= 15 is 0 Å². The van der Waals surface area contributed by atoms with Crippen molar-refractivity contribution >= 4 is 47.3 Å². The fraction of sp³-hybridized carbons (Fsp3) is 0.400. The highest BCUT2D eigenvalue weighted by atomic mass is 32.2. The summed E-state index contributed by atoms with van der Waals surface area (Å²) in [4.78, 5) is 72.7. The standard InChI is InChI=1S/C20H25N5O7S/c21-15(26)7-13-20(32)25-14(17(22)29)9-33-8-10-3-1-2-4-11(10)18(30)23-12(19(31)24-13)5-6-16(27)28/h1-4,12-14H,5-9H2,(H2,21,26)(H2,22,29)(H,23,30)(H,24,31)(H,25,32)(H,27,28)/t12?,13-,14?/m0/s1. The second-order valence-corrected chi connectivity index (χ2v) is 8.36. The number of hydrogen-bond donors (Lipinski definition) is 6. The third-order valence-corrected chi connectivity index (χ3v) is 5.86. The predicted octanol–water partition coefficient (Wildman–Crippen LogP) is -1.77. The molecule has 0 saturated carbocycles. The fourth-order valence-electron chi connectivity index (χ4n) is 3.08. The van der Waals surface area contributed by atoms with Crippen LogP contribution in [0.4, 0.5) is 0 Å². The minimum Gasteiger partial charge on any atom is -0.481 e. The summed E-state index contributed by atoms with van der Waals surface area (Å²) in [7, 11) is 0. The lowest BCUT2D eigenvalue weighted by molar-refractivity contribution is -0.137. The summed E-state index contributed by atoms with van der Waals surface area (Å²) in [5, 5.41) is 16.2. The van der Waals surface area contributed by atoms with E-state index in [1.165, 1.54) is 11.8 Å². The summed E-state index contributed by atoms with van der Waals surface area (Å²) in [5.74, 6) is -4.91. The van der Waals surface area contributed by atoms with Gasteiger partial charge in [0.1, 0.15) is 18.1 Å². The average molecular weight is 480 g/mol. The van der Waals surface area contributed by atoms with Crippen molar-refractivity contribution in [2.75, 3.05) is 5.75 Å². The van der Waals surface area contributed by atoms with Crippen molar-refractivity contribution in [3.8, 4) is 0 Å².